The van der Waals surface area contributed by atoms with E-state index in [0.29, 0.717) is 16.2 Å². The van der Waals surface area contributed by atoms with Crippen LogP contribution < -0.4 is 15.5 Å². The van der Waals surface area contributed by atoms with Crippen LogP contribution in [0.25, 0.3) is 0 Å². The molecule has 0 bridgehead atoms. The fraction of sp³-hybridized carbons (Fsp3) is 0.643. The van der Waals surface area contributed by atoms with Crippen LogP contribution in [0.1, 0.15) is 40.0 Å². The molecule has 1 aliphatic rings. The Hall–Kier alpha value is -1.14. The van der Waals surface area contributed by atoms with Crippen molar-refractivity contribution in [3.63, 3.8) is 0 Å². The molecular formula is C14H22ClN5S. The van der Waals surface area contributed by atoms with E-state index in [1.807, 2.05) is 20.8 Å². The van der Waals surface area contributed by atoms with Crippen molar-refractivity contribution in [3.8, 4) is 0 Å². The Morgan fingerprint density at radius 2 is 1.90 bits per heavy atom. The Morgan fingerprint density at radius 3 is 2.52 bits per heavy atom. The average molecular weight is 328 g/mol. The standard InChI is InChI=1S/C14H22ClN5S/c1-14(2,3)19-13(21)18-12-16-10(15)9-11(17-12)20-7-5-4-6-8-20/h9H,4-8H2,1-3H3,(H2,16,17,18,19,21). The zero-order valence-corrected chi connectivity index (χ0v) is 14.3. The maximum absolute atomic E-state index is 6.10. The highest BCUT2D eigenvalue weighted by atomic mass is 35.5. The second kappa shape index (κ2) is 6.75. The maximum atomic E-state index is 6.10. The Bertz CT molecular complexity index is 509. The zero-order chi connectivity index (χ0) is 15.5. The predicted octanol–water partition coefficient (Wildman–Crippen LogP) is 3.21. The summed E-state index contributed by atoms with van der Waals surface area (Å²) in [6, 6.07) is 1.80. The number of rotatable bonds is 2. The molecule has 0 unspecified atom stereocenters. The summed E-state index contributed by atoms with van der Waals surface area (Å²) >= 11 is 11.4. The lowest BCUT2D eigenvalue weighted by Crippen LogP contribution is -2.43. The molecule has 0 radical (unpaired) electrons. The van der Waals surface area contributed by atoms with E-state index < -0.39 is 0 Å². The minimum absolute atomic E-state index is 0.113. The van der Waals surface area contributed by atoms with Crippen LogP contribution in [0, 0.1) is 0 Å². The molecule has 2 heterocycles. The number of thiocarbonyl (C=S) groups is 1. The van der Waals surface area contributed by atoms with Gasteiger partial charge >= 0.3 is 0 Å². The van der Waals surface area contributed by atoms with Crippen LogP contribution in [-0.2, 0) is 0 Å². The van der Waals surface area contributed by atoms with Gasteiger partial charge in [0.1, 0.15) is 11.0 Å². The number of hydrogen-bond acceptors (Lipinski definition) is 4. The van der Waals surface area contributed by atoms with Gasteiger partial charge in [0.25, 0.3) is 0 Å². The molecule has 0 atom stereocenters. The van der Waals surface area contributed by atoms with Gasteiger partial charge in [0, 0.05) is 24.7 Å². The summed E-state index contributed by atoms with van der Waals surface area (Å²) in [7, 11) is 0. The molecule has 1 aromatic heterocycles. The summed E-state index contributed by atoms with van der Waals surface area (Å²) in [5.41, 5.74) is -0.113. The molecule has 0 saturated carbocycles. The van der Waals surface area contributed by atoms with Gasteiger partial charge in [0.2, 0.25) is 5.95 Å². The van der Waals surface area contributed by atoms with E-state index in [4.69, 9.17) is 23.8 Å². The molecule has 1 aromatic rings. The largest absolute Gasteiger partial charge is 0.358 e. The minimum Gasteiger partial charge on any atom is -0.358 e. The summed E-state index contributed by atoms with van der Waals surface area (Å²) < 4.78 is 0. The molecule has 0 spiro atoms. The van der Waals surface area contributed by atoms with Crippen molar-refractivity contribution < 1.29 is 0 Å². The van der Waals surface area contributed by atoms with Gasteiger partial charge in [0.05, 0.1) is 0 Å². The van der Waals surface area contributed by atoms with Crippen LogP contribution in [0.2, 0.25) is 5.15 Å². The monoisotopic (exact) mass is 327 g/mol. The first-order valence-corrected chi connectivity index (χ1v) is 8.01. The summed E-state index contributed by atoms with van der Waals surface area (Å²) in [5, 5.41) is 7.09. The van der Waals surface area contributed by atoms with Crippen molar-refractivity contribution in [1.29, 1.82) is 0 Å². The van der Waals surface area contributed by atoms with Crippen LogP contribution in [-0.4, -0.2) is 33.7 Å². The van der Waals surface area contributed by atoms with Crippen molar-refractivity contribution in [3.05, 3.63) is 11.2 Å². The first-order valence-electron chi connectivity index (χ1n) is 7.22. The third-order valence-electron chi connectivity index (χ3n) is 3.08. The van der Waals surface area contributed by atoms with Crippen LogP contribution in [0.15, 0.2) is 6.07 Å². The van der Waals surface area contributed by atoms with Crippen LogP contribution in [0.5, 0.6) is 0 Å². The Morgan fingerprint density at radius 1 is 1.24 bits per heavy atom. The average Bonchev–Trinajstić information content (AvgIpc) is 2.36. The smallest absolute Gasteiger partial charge is 0.232 e. The van der Waals surface area contributed by atoms with Gasteiger partial charge in [-0.15, -0.1) is 0 Å². The molecule has 2 rings (SSSR count). The second-order valence-electron chi connectivity index (χ2n) is 6.25. The van der Waals surface area contributed by atoms with Gasteiger partial charge in [-0.25, -0.2) is 4.98 Å². The number of nitrogens with zero attached hydrogens (tertiary/aromatic N) is 3. The Labute approximate surface area is 136 Å². The van der Waals surface area contributed by atoms with Crippen molar-refractivity contribution in [2.45, 2.75) is 45.6 Å². The normalized spacial score (nSPS) is 15.7. The fourth-order valence-corrected chi connectivity index (χ4v) is 2.80. The summed E-state index contributed by atoms with van der Waals surface area (Å²) in [6.07, 6.45) is 3.66. The van der Waals surface area contributed by atoms with E-state index in [9.17, 15) is 0 Å². The Balaban J connectivity index is 2.09. The third-order valence-corrected chi connectivity index (χ3v) is 3.47. The molecule has 5 nitrogen and oxygen atoms in total. The van der Waals surface area contributed by atoms with Gasteiger partial charge < -0.3 is 15.5 Å². The number of nitrogens with one attached hydrogen (secondary N) is 2. The highest BCUT2D eigenvalue weighted by molar-refractivity contribution is 7.80. The first kappa shape index (κ1) is 16.2. The lowest BCUT2D eigenvalue weighted by molar-refractivity contribution is 0.514. The van der Waals surface area contributed by atoms with Crippen molar-refractivity contribution in [2.75, 3.05) is 23.3 Å². The van der Waals surface area contributed by atoms with Gasteiger partial charge in [0.15, 0.2) is 5.11 Å². The molecule has 0 amide bonds. The zero-order valence-electron chi connectivity index (χ0n) is 12.7. The number of hydrogen-bond donors (Lipinski definition) is 2. The third kappa shape index (κ3) is 5.28. The molecular weight excluding hydrogens is 306 g/mol. The van der Waals surface area contributed by atoms with E-state index in [0.717, 1.165) is 18.9 Å². The van der Waals surface area contributed by atoms with Crippen molar-refractivity contribution in [1.82, 2.24) is 15.3 Å². The number of halogens is 1. The first-order chi connectivity index (χ1) is 9.83. The number of anilines is 2. The highest BCUT2D eigenvalue weighted by Crippen LogP contribution is 2.21. The maximum Gasteiger partial charge on any atom is 0.232 e. The van der Waals surface area contributed by atoms with E-state index in [1.54, 1.807) is 6.07 Å². The topological polar surface area (TPSA) is 53.1 Å². The number of aromatic nitrogens is 2. The van der Waals surface area contributed by atoms with Crippen LogP contribution >= 0.6 is 23.8 Å². The quantitative estimate of drug-likeness (QED) is 0.642. The van der Waals surface area contributed by atoms with E-state index in [-0.39, 0.29) is 5.54 Å². The highest BCUT2D eigenvalue weighted by Gasteiger charge is 2.16. The van der Waals surface area contributed by atoms with E-state index in [2.05, 4.69) is 25.5 Å². The summed E-state index contributed by atoms with van der Waals surface area (Å²) in [4.78, 5) is 10.9. The van der Waals surface area contributed by atoms with Gasteiger partial charge in [-0.2, -0.15) is 4.98 Å². The molecule has 2 N–H and O–H groups in total. The SMILES string of the molecule is CC(C)(C)NC(=S)Nc1nc(Cl)cc(N2CCCCC2)n1. The Kier molecular flexibility index (Phi) is 5.22. The van der Waals surface area contributed by atoms with Gasteiger partial charge in [-0.05, 0) is 52.3 Å². The summed E-state index contributed by atoms with van der Waals surface area (Å²) in [6.45, 7) is 8.14. The van der Waals surface area contributed by atoms with Gasteiger partial charge in [-0.1, -0.05) is 11.6 Å². The molecule has 21 heavy (non-hydrogen) atoms. The molecule has 1 fully saturated rings. The lowest BCUT2D eigenvalue weighted by Gasteiger charge is -2.28. The van der Waals surface area contributed by atoms with E-state index in [1.165, 1.54) is 19.3 Å². The molecule has 0 aliphatic carbocycles. The second-order valence-corrected chi connectivity index (χ2v) is 7.04. The van der Waals surface area contributed by atoms with E-state index >= 15 is 0 Å². The molecule has 0 aromatic carbocycles. The molecule has 1 aliphatic heterocycles. The van der Waals surface area contributed by atoms with Crippen molar-refractivity contribution in [2.24, 2.45) is 0 Å². The summed E-state index contributed by atoms with van der Waals surface area (Å²) in [5.74, 6) is 1.29. The molecule has 1 saturated heterocycles. The fourth-order valence-electron chi connectivity index (χ4n) is 2.22. The lowest BCUT2D eigenvalue weighted by atomic mass is 10.1. The van der Waals surface area contributed by atoms with Crippen LogP contribution in [0.4, 0.5) is 11.8 Å². The molecule has 116 valence electrons. The molecule has 7 heteroatoms. The predicted molar refractivity (Wildman–Crippen MR) is 92.2 cm³/mol. The van der Waals surface area contributed by atoms with Gasteiger partial charge in [-0.3, -0.25) is 0 Å². The number of piperidine rings is 1. The van der Waals surface area contributed by atoms with Crippen LogP contribution in [0.3, 0.4) is 0 Å². The van der Waals surface area contributed by atoms with Crippen molar-refractivity contribution >= 4 is 40.7 Å². The minimum atomic E-state index is -0.113.